The fourth-order valence-corrected chi connectivity index (χ4v) is 7.17. The zero-order valence-corrected chi connectivity index (χ0v) is 23.6. The summed E-state index contributed by atoms with van der Waals surface area (Å²) in [5.74, 6) is -0.739. The Morgan fingerprint density at radius 1 is 0.974 bits per heavy atom. The van der Waals surface area contributed by atoms with E-state index in [1.807, 2.05) is 0 Å². The molecule has 0 aliphatic carbocycles. The van der Waals surface area contributed by atoms with Crippen molar-refractivity contribution in [3.63, 3.8) is 0 Å². The van der Waals surface area contributed by atoms with Gasteiger partial charge in [-0.1, -0.05) is 41.4 Å². The van der Waals surface area contributed by atoms with E-state index in [4.69, 9.17) is 38.4 Å². The molecule has 39 heavy (non-hydrogen) atoms. The third kappa shape index (κ3) is 4.08. The van der Waals surface area contributed by atoms with Crippen LogP contribution in [0.4, 0.5) is 10.5 Å². The molecule has 0 spiro atoms. The van der Waals surface area contributed by atoms with Crippen LogP contribution in [-0.2, 0) is 20.4 Å². The molecule has 0 bridgehead atoms. The zero-order valence-electron chi connectivity index (χ0n) is 21.3. The van der Waals surface area contributed by atoms with Crippen molar-refractivity contribution in [1.82, 2.24) is 4.90 Å². The molecular weight excluding hydrogens is 569 g/mol. The van der Waals surface area contributed by atoms with Gasteiger partial charge in [0, 0.05) is 34.3 Å². The quantitative estimate of drug-likeness (QED) is 0.443. The minimum Gasteiger partial charge on any atom is -0.493 e. The molecule has 4 rings (SSSR count). The number of rotatable bonds is 6. The molecule has 3 N–H and O–H groups in total. The molecule has 1 aliphatic rings. The molecule has 0 aromatic heterocycles. The molecule has 13 heteroatoms. The Bertz CT molecular complexity index is 1600. The van der Waals surface area contributed by atoms with Gasteiger partial charge in [0.25, 0.3) is 15.9 Å². The second-order valence-corrected chi connectivity index (χ2v) is 11.5. The lowest BCUT2D eigenvalue weighted by atomic mass is 9.73. The topological polar surface area (TPSA) is 139 Å². The highest BCUT2D eigenvalue weighted by Crippen LogP contribution is 2.58. The Hall–Kier alpha value is -3.51. The average Bonchev–Trinajstić information content (AvgIpc) is 3.12. The Labute approximate surface area is 235 Å². The molecule has 2 atom stereocenters. The number of hydrogen-bond donors (Lipinski definition) is 2. The fraction of sp³-hybridized carbons (Fsp3) is 0.231. The Balaban J connectivity index is 2.14. The number of fused-ring (bicyclic) bond motifs is 1. The van der Waals surface area contributed by atoms with Crippen molar-refractivity contribution in [3.05, 3.63) is 81.8 Å². The smallest absolute Gasteiger partial charge is 0.321 e. The van der Waals surface area contributed by atoms with Crippen LogP contribution in [0.5, 0.6) is 11.5 Å². The van der Waals surface area contributed by atoms with Gasteiger partial charge in [-0.15, -0.1) is 0 Å². The van der Waals surface area contributed by atoms with Gasteiger partial charge >= 0.3 is 6.03 Å². The lowest BCUT2D eigenvalue weighted by Gasteiger charge is -2.44. The summed E-state index contributed by atoms with van der Waals surface area (Å²) in [6.07, 6.45) is 0. The number of ether oxygens (including phenoxy) is 2. The second kappa shape index (κ2) is 9.91. The zero-order chi connectivity index (χ0) is 28.9. The number of aliphatic hydroxyl groups is 1. The first-order valence-electron chi connectivity index (χ1n) is 11.4. The van der Waals surface area contributed by atoms with E-state index in [-0.39, 0.29) is 43.3 Å². The number of nitrogens with zero attached hydrogens (tertiary/aromatic N) is 2. The molecule has 10 nitrogen and oxygen atoms in total. The first-order chi connectivity index (χ1) is 18.3. The number of carbonyl (C=O) groups excluding carboxylic acids is 2. The van der Waals surface area contributed by atoms with E-state index in [0.29, 0.717) is 4.90 Å². The van der Waals surface area contributed by atoms with Crippen LogP contribution in [0.2, 0.25) is 10.0 Å². The number of urea groups is 1. The predicted octanol–water partition coefficient (Wildman–Crippen LogP) is 3.75. The standard InChI is InChI=1S/C26H25Cl2N3O7S/c1-25(23(32)30(2)24(29)33)26(34,17-7-5-6-8-19(17)28)18-13-15(27)9-11-20(18)31(25)39(35,36)16-10-12-21(37-3)22(14-16)38-4/h5-14,34H,1-4H3,(H2,29,33). The number of benzene rings is 3. The molecule has 206 valence electrons. The van der Waals surface area contributed by atoms with Gasteiger partial charge in [0.15, 0.2) is 22.6 Å². The van der Waals surface area contributed by atoms with Gasteiger partial charge in [0.2, 0.25) is 0 Å². The normalized spacial score (nSPS) is 20.3. The lowest BCUT2D eigenvalue weighted by Crippen LogP contribution is -2.67. The van der Waals surface area contributed by atoms with Gasteiger partial charge in [-0.05, 0) is 43.3 Å². The number of sulfonamides is 1. The van der Waals surface area contributed by atoms with Gasteiger partial charge in [0.1, 0.15) is 0 Å². The second-order valence-electron chi connectivity index (χ2n) is 8.91. The minimum absolute atomic E-state index is 0.00825. The number of methoxy groups -OCH3 is 2. The van der Waals surface area contributed by atoms with E-state index in [1.54, 1.807) is 12.1 Å². The summed E-state index contributed by atoms with van der Waals surface area (Å²) in [6.45, 7) is 1.20. The summed E-state index contributed by atoms with van der Waals surface area (Å²) in [4.78, 5) is 26.5. The maximum absolute atomic E-state index is 14.4. The number of halogens is 2. The Morgan fingerprint density at radius 2 is 1.62 bits per heavy atom. The molecule has 3 amide bonds. The predicted molar refractivity (Wildman–Crippen MR) is 146 cm³/mol. The molecule has 0 radical (unpaired) electrons. The minimum atomic E-state index is -4.67. The summed E-state index contributed by atoms with van der Waals surface area (Å²) < 4.78 is 40.1. The molecule has 0 saturated heterocycles. The van der Waals surface area contributed by atoms with Crippen LogP contribution in [0, 0.1) is 0 Å². The maximum atomic E-state index is 14.4. The number of hydrogen-bond acceptors (Lipinski definition) is 7. The molecular formula is C26H25Cl2N3O7S. The number of imide groups is 1. The number of anilines is 1. The molecule has 0 saturated carbocycles. The molecule has 1 aliphatic heterocycles. The highest BCUT2D eigenvalue weighted by Gasteiger charge is 2.68. The van der Waals surface area contributed by atoms with Crippen molar-refractivity contribution < 1.29 is 32.6 Å². The number of primary amides is 1. The first-order valence-corrected chi connectivity index (χ1v) is 13.6. The van der Waals surface area contributed by atoms with Gasteiger partial charge in [-0.25, -0.2) is 17.5 Å². The summed E-state index contributed by atoms with van der Waals surface area (Å²) in [5, 5.41) is 12.8. The van der Waals surface area contributed by atoms with Crippen LogP contribution >= 0.6 is 23.2 Å². The van der Waals surface area contributed by atoms with Gasteiger partial charge in [-0.2, -0.15) is 0 Å². The van der Waals surface area contributed by atoms with Gasteiger partial charge in [0.05, 0.1) is 24.8 Å². The van der Waals surface area contributed by atoms with Crippen molar-refractivity contribution in [1.29, 1.82) is 0 Å². The van der Waals surface area contributed by atoms with Crippen molar-refractivity contribution in [2.75, 3.05) is 25.6 Å². The Kier molecular flexibility index (Phi) is 7.24. The lowest BCUT2D eigenvalue weighted by molar-refractivity contribution is -0.139. The van der Waals surface area contributed by atoms with E-state index in [1.165, 1.54) is 69.7 Å². The van der Waals surface area contributed by atoms with Crippen LogP contribution in [-0.4, -0.2) is 57.2 Å². The fourth-order valence-electron chi connectivity index (χ4n) is 4.91. The van der Waals surface area contributed by atoms with Crippen LogP contribution < -0.4 is 19.5 Å². The van der Waals surface area contributed by atoms with Crippen LogP contribution in [0.15, 0.2) is 65.6 Å². The number of likely N-dealkylation sites (N-methyl/N-ethyl adjacent to an activating group) is 1. The Morgan fingerprint density at radius 3 is 2.21 bits per heavy atom. The summed E-state index contributed by atoms with van der Waals surface area (Å²) in [6, 6.07) is 12.9. The SMILES string of the molecule is COc1ccc(S(=O)(=O)N2c3ccc(Cl)cc3C(O)(c3ccccc3Cl)C2(C)C(=O)N(C)C(N)=O)cc1OC. The van der Waals surface area contributed by atoms with E-state index in [2.05, 4.69) is 0 Å². The number of carbonyl (C=O) groups is 2. The monoisotopic (exact) mass is 593 g/mol. The van der Waals surface area contributed by atoms with E-state index >= 15 is 0 Å². The number of nitrogens with two attached hydrogens (primary N) is 1. The third-order valence-corrected chi connectivity index (χ3v) is 9.34. The number of amides is 3. The molecule has 3 aromatic rings. The molecule has 1 heterocycles. The summed E-state index contributed by atoms with van der Waals surface area (Å²) in [7, 11) is -0.856. The highest BCUT2D eigenvalue weighted by atomic mass is 35.5. The maximum Gasteiger partial charge on any atom is 0.321 e. The summed E-state index contributed by atoms with van der Waals surface area (Å²) >= 11 is 12.8. The van der Waals surface area contributed by atoms with Gasteiger partial charge < -0.3 is 20.3 Å². The first kappa shape index (κ1) is 28.5. The van der Waals surface area contributed by atoms with Crippen LogP contribution in [0.3, 0.4) is 0 Å². The van der Waals surface area contributed by atoms with E-state index in [0.717, 1.165) is 11.4 Å². The third-order valence-electron chi connectivity index (χ3n) is 6.89. The molecule has 2 unspecified atom stereocenters. The molecule has 0 fully saturated rings. The highest BCUT2D eigenvalue weighted by molar-refractivity contribution is 7.93. The van der Waals surface area contributed by atoms with Crippen LogP contribution in [0.1, 0.15) is 18.1 Å². The van der Waals surface area contributed by atoms with Crippen LogP contribution in [0.25, 0.3) is 0 Å². The van der Waals surface area contributed by atoms with Crippen molar-refractivity contribution in [2.45, 2.75) is 23.0 Å². The summed E-state index contributed by atoms with van der Waals surface area (Å²) in [5.41, 5.74) is 0.477. The average molecular weight is 594 g/mol. The van der Waals surface area contributed by atoms with Crippen molar-refractivity contribution in [2.24, 2.45) is 5.73 Å². The van der Waals surface area contributed by atoms with Crippen molar-refractivity contribution >= 4 is 50.9 Å². The molecule has 3 aromatic carbocycles. The van der Waals surface area contributed by atoms with Gasteiger partial charge in [-0.3, -0.25) is 9.69 Å². The van der Waals surface area contributed by atoms with E-state index < -0.39 is 33.1 Å². The van der Waals surface area contributed by atoms with Crippen molar-refractivity contribution in [3.8, 4) is 11.5 Å². The van der Waals surface area contributed by atoms with E-state index in [9.17, 15) is 23.1 Å². The largest absolute Gasteiger partial charge is 0.493 e.